The van der Waals surface area contributed by atoms with Crippen LogP contribution in [-0.4, -0.2) is 43.8 Å². The van der Waals surface area contributed by atoms with E-state index in [1.54, 1.807) is 13.2 Å². The number of carbonyl (C=O) groups is 1. The van der Waals surface area contributed by atoms with Crippen LogP contribution in [0.2, 0.25) is 0 Å². The van der Waals surface area contributed by atoms with Crippen LogP contribution in [0.25, 0.3) is 6.08 Å². The Morgan fingerprint density at radius 3 is 2.69 bits per heavy atom. The van der Waals surface area contributed by atoms with Gasteiger partial charge in [-0.05, 0) is 49.6 Å². The van der Waals surface area contributed by atoms with Gasteiger partial charge in [0.15, 0.2) is 0 Å². The van der Waals surface area contributed by atoms with Gasteiger partial charge in [-0.2, -0.15) is 0 Å². The maximum Gasteiger partial charge on any atom is 0.246 e. The Labute approximate surface area is 172 Å². The molecule has 0 aliphatic carbocycles. The lowest BCUT2D eigenvalue weighted by atomic mass is 10.1. The second-order valence-electron chi connectivity index (χ2n) is 7.00. The van der Waals surface area contributed by atoms with Crippen molar-refractivity contribution in [1.29, 1.82) is 0 Å². The van der Waals surface area contributed by atoms with E-state index in [2.05, 4.69) is 0 Å². The van der Waals surface area contributed by atoms with Crippen molar-refractivity contribution in [2.75, 3.05) is 26.9 Å². The highest BCUT2D eigenvalue weighted by Gasteiger charge is 2.22. The van der Waals surface area contributed by atoms with Crippen LogP contribution in [-0.2, 0) is 16.1 Å². The van der Waals surface area contributed by atoms with Crippen molar-refractivity contribution >= 4 is 12.0 Å². The van der Waals surface area contributed by atoms with E-state index in [4.69, 9.17) is 14.2 Å². The van der Waals surface area contributed by atoms with Gasteiger partial charge < -0.3 is 19.1 Å². The van der Waals surface area contributed by atoms with Crippen LogP contribution in [0.5, 0.6) is 11.5 Å². The summed E-state index contributed by atoms with van der Waals surface area (Å²) in [5.41, 5.74) is 1.94. The number of hydrogen-bond donors (Lipinski definition) is 0. The number of hydrogen-bond acceptors (Lipinski definition) is 4. The third kappa shape index (κ3) is 6.09. The molecule has 1 aliphatic heterocycles. The fourth-order valence-electron chi connectivity index (χ4n) is 3.42. The van der Waals surface area contributed by atoms with E-state index in [-0.39, 0.29) is 12.0 Å². The smallest absolute Gasteiger partial charge is 0.246 e. The van der Waals surface area contributed by atoms with Crippen LogP contribution in [0, 0.1) is 0 Å². The minimum atomic E-state index is -0.0414. The molecule has 0 bridgehead atoms. The minimum absolute atomic E-state index is 0.0414. The molecule has 3 rings (SSSR count). The van der Waals surface area contributed by atoms with Crippen molar-refractivity contribution in [1.82, 2.24) is 4.90 Å². The number of amides is 1. The monoisotopic (exact) mass is 395 g/mol. The highest BCUT2D eigenvalue weighted by atomic mass is 16.5. The van der Waals surface area contributed by atoms with Crippen LogP contribution in [0.15, 0.2) is 54.6 Å². The highest BCUT2D eigenvalue weighted by molar-refractivity contribution is 5.91. The van der Waals surface area contributed by atoms with Crippen molar-refractivity contribution in [3.63, 3.8) is 0 Å². The van der Waals surface area contributed by atoms with Gasteiger partial charge in [-0.1, -0.05) is 30.3 Å². The van der Waals surface area contributed by atoms with Gasteiger partial charge in [0.1, 0.15) is 11.5 Å². The average Bonchev–Trinajstić information content (AvgIpc) is 3.26. The van der Waals surface area contributed by atoms with E-state index in [9.17, 15) is 4.79 Å². The summed E-state index contributed by atoms with van der Waals surface area (Å²) in [7, 11) is 1.65. The molecule has 0 radical (unpaired) electrons. The predicted octanol–water partition coefficient (Wildman–Crippen LogP) is 4.31. The molecule has 1 atom stereocenters. The first-order chi connectivity index (χ1) is 14.2. The van der Waals surface area contributed by atoms with Crippen LogP contribution in [0.4, 0.5) is 0 Å². The molecule has 0 spiro atoms. The number of benzene rings is 2. The quantitative estimate of drug-likeness (QED) is 0.594. The first-order valence-corrected chi connectivity index (χ1v) is 10.1. The molecule has 5 heteroatoms. The molecule has 29 heavy (non-hydrogen) atoms. The van der Waals surface area contributed by atoms with E-state index in [1.807, 2.05) is 66.4 Å². The summed E-state index contributed by atoms with van der Waals surface area (Å²) in [5, 5.41) is 0. The van der Waals surface area contributed by atoms with E-state index in [0.717, 1.165) is 42.1 Å². The van der Waals surface area contributed by atoms with Gasteiger partial charge in [0.2, 0.25) is 5.91 Å². The fourth-order valence-corrected chi connectivity index (χ4v) is 3.42. The van der Waals surface area contributed by atoms with Gasteiger partial charge in [-0.25, -0.2) is 0 Å². The third-order valence-electron chi connectivity index (χ3n) is 4.92. The Hall–Kier alpha value is -2.79. The summed E-state index contributed by atoms with van der Waals surface area (Å²) in [4.78, 5) is 14.8. The largest absolute Gasteiger partial charge is 0.496 e. The standard InChI is InChI=1S/C24H29NO4/c1-3-28-21-13-10-19(11-14-21)12-15-24(26)25(18-22-8-6-16-29-22)17-20-7-4-5-9-23(20)27-2/h4-5,7,9-15,22H,3,6,8,16-18H2,1-2H3/b15-12+. The Balaban J connectivity index is 1.72. The van der Waals surface area contributed by atoms with Gasteiger partial charge in [0.05, 0.1) is 19.8 Å². The zero-order valence-corrected chi connectivity index (χ0v) is 17.2. The third-order valence-corrected chi connectivity index (χ3v) is 4.92. The van der Waals surface area contributed by atoms with Gasteiger partial charge in [-0.3, -0.25) is 4.79 Å². The topological polar surface area (TPSA) is 48.0 Å². The van der Waals surface area contributed by atoms with E-state index in [1.165, 1.54) is 0 Å². The first-order valence-electron chi connectivity index (χ1n) is 10.1. The van der Waals surface area contributed by atoms with Gasteiger partial charge in [0.25, 0.3) is 0 Å². The lowest BCUT2D eigenvalue weighted by molar-refractivity contribution is -0.128. The zero-order valence-electron chi connectivity index (χ0n) is 17.2. The molecule has 1 unspecified atom stereocenters. The summed E-state index contributed by atoms with van der Waals surface area (Å²) in [6.45, 7) is 4.41. The molecule has 0 aromatic heterocycles. The van der Waals surface area contributed by atoms with Crippen molar-refractivity contribution in [2.45, 2.75) is 32.4 Å². The molecule has 2 aromatic carbocycles. The lowest BCUT2D eigenvalue weighted by Crippen LogP contribution is -2.36. The van der Waals surface area contributed by atoms with E-state index >= 15 is 0 Å². The molecule has 1 amide bonds. The summed E-state index contributed by atoms with van der Waals surface area (Å²) >= 11 is 0. The Bertz CT molecular complexity index is 810. The SMILES string of the molecule is CCOc1ccc(/C=C/C(=O)N(Cc2ccccc2OC)CC2CCCO2)cc1. The zero-order chi connectivity index (χ0) is 20.5. The molecule has 1 heterocycles. The number of para-hydroxylation sites is 1. The minimum Gasteiger partial charge on any atom is -0.496 e. The molecule has 2 aromatic rings. The van der Waals surface area contributed by atoms with Crippen LogP contribution >= 0.6 is 0 Å². The Morgan fingerprint density at radius 2 is 2.00 bits per heavy atom. The summed E-state index contributed by atoms with van der Waals surface area (Å²) in [6, 6.07) is 15.5. The number of carbonyl (C=O) groups excluding carboxylic acids is 1. The first kappa shape index (κ1) is 20.9. The molecule has 1 fully saturated rings. The molecule has 0 N–H and O–H groups in total. The number of methoxy groups -OCH3 is 1. The molecular weight excluding hydrogens is 366 g/mol. The molecule has 1 aliphatic rings. The van der Waals surface area contributed by atoms with Crippen molar-refractivity contribution in [3.05, 3.63) is 65.7 Å². The fraction of sp³-hybridized carbons (Fsp3) is 0.375. The number of rotatable bonds is 9. The van der Waals surface area contributed by atoms with Gasteiger partial charge >= 0.3 is 0 Å². The maximum atomic E-state index is 13.0. The van der Waals surface area contributed by atoms with E-state index < -0.39 is 0 Å². The Morgan fingerprint density at radius 1 is 1.21 bits per heavy atom. The van der Waals surface area contributed by atoms with Crippen molar-refractivity contribution < 1.29 is 19.0 Å². The predicted molar refractivity (Wildman–Crippen MR) is 114 cm³/mol. The number of ether oxygens (including phenoxy) is 3. The van der Waals surface area contributed by atoms with Crippen LogP contribution in [0.3, 0.4) is 0 Å². The molecular formula is C24H29NO4. The molecule has 154 valence electrons. The highest BCUT2D eigenvalue weighted by Crippen LogP contribution is 2.22. The number of nitrogens with zero attached hydrogens (tertiary/aromatic N) is 1. The lowest BCUT2D eigenvalue weighted by Gasteiger charge is -2.25. The van der Waals surface area contributed by atoms with E-state index in [0.29, 0.717) is 19.7 Å². The normalized spacial score (nSPS) is 16.1. The molecule has 5 nitrogen and oxygen atoms in total. The second kappa shape index (κ2) is 10.7. The van der Waals surface area contributed by atoms with Gasteiger partial charge in [0, 0.05) is 31.3 Å². The van der Waals surface area contributed by atoms with Crippen molar-refractivity contribution in [3.8, 4) is 11.5 Å². The maximum absolute atomic E-state index is 13.0. The molecule has 1 saturated heterocycles. The Kier molecular flexibility index (Phi) is 7.70. The summed E-state index contributed by atoms with van der Waals surface area (Å²) in [6.07, 6.45) is 5.58. The second-order valence-corrected chi connectivity index (χ2v) is 7.00. The van der Waals surface area contributed by atoms with Crippen LogP contribution in [0.1, 0.15) is 30.9 Å². The van der Waals surface area contributed by atoms with Crippen molar-refractivity contribution in [2.24, 2.45) is 0 Å². The van der Waals surface area contributed by atoms with Gasteiger partial charge in [-0.15, -0.1) is 0 Å². The molecule has 0 saturated carbocycles. The average molecular weight is 395 g/mol. The summed E-state index contributed by atoms with van der Waals surface area (Å²) < 4.78 is 16.7. The summed E-state index contributed by atoms with van der Waals surface area (Å²) in [5.74, 6) is 1.57. The van der Waals surface area contributed by atoms with Crippen LogP contribution < -0.4 is 9.47 Å².